The molecule has 2 N–H and O–H groups in total. The molecule has 0 bridgehead atoms. The SMILES string of the molecule is CN=C(NCCc1c(F)cccc1Cl)NCC(C)(C)SC. The Kier molecular flexibility index (Phi) is 7.32. The summed E-state index contributed by atoms with van der Waals surface area (Å²) in [6, 6.07) is 4.74. The average Bonchev–Trinajstić information content (AvgIpc) is 2.45. The van der Waals surface area contributed by atoms with E-state index in [0.29, 0.717) is 29.5 Å². The fourth-order valence-corrected chi connectivity index (χ4v) is 2.14. The summed E-state index contributed by atoms with van der Waals surface area (Å²) >= 11 is 7.79. The lowest BCUT2D eigenvalue weighted by Crippen LogP contribution is -2.43. The summed E-state index contributed by atoms with van der Waals surface area (Å²) < 4.78 is 13.8. The molecule has 0 atom stereocenters. The highest BCUT2D eigenvalue weighted by molar-refractivity contribution is 7.99. The highest BCUT2D eigenvalue weighted by Crippen LogP contribution is 2.20. The molecule has 118 valence electrons. The summed E-state index contributed by atoms with van der Waals surface area (Å²) in [6.45, 7) is 5.70. The van der Waals surface area contributed by atoms with E-state index in [-0.39, 0.29) is 10.6 Å². The number of nitrogens with zero attached hydrogens (tertiary/aromatic N) is 1. The molecule has 0 aliphatic heterocycles. The quantitative estimate of drug-likeness (QED) is 0.620. The van der Waals surface area contributed by atoms with Gasteiger partial charge in [-0.15, -0.1) is 0 Å². The Bertz CT molecular complexity index is 472. The highest BCUT2D eigenvalue weighted by atomic mass is 35.5. The van der Waals surface area contributed by atoms with Crippen LogP contribution in [0.15, 0.2) is 23.2 Å². The van der Waals surface area contributed by atoms with Crippen LogP contribution in [-0.4, -0.2) is 37.1 Å². The predicted molar refractivity (Wildman–Crippen MR) is 92.1 cm³/mol. The Morgan fingerprint density at radius 3 is 2.67 bits per heavy atom. The fourth-order valence-electron chi connectivity index (χ4n) is 1.67. The van der Waals surface area contributed by atoms with E-state index in [1.807, 2.05) is 0 Å². The smallest absolute Gasteiger partial charge is 0.191 e. The molecule has 0 fully saturated rings. The van der Waals surface area contributed by atoms with Gasteiger partial charge in [0, 0.05) is 35.5 Å². The Hall–Kier alpha value is -0.940. The van der Waals surface area contributed by atoms with E-state index in [1.165, 1.54) is 6.07 Å². The van der Waals surface area contributed by atoms with Gasteiger partial charge < -0.3 is 10.6 Å². The molecule has 1 aromatic carbocycles. The zero-order chi connectivity index (χ0) is 15.9. The van der Waals surface area contributed by atoms with Crippen molar-refractivity contribution in [1.82, 2.24) is 10.6 Å². The van der Waals surface area contributed by atoms with Gasteiger partial charge in [0.15, 0.2) is 5.96 Å². The van der Waals surface area contributed by atoms with Gasteiger partial charge in [0.05, 0.1) is 0 Å². The van der Waals surface area contributed by atoms with Crippen LogP contribution in [-0.2, 0) is 6.42 Å². The van der Waals surface area contributed by atoms with E-state index in [2.05, 4.69) is 35.7 Å². The van der Waals surface area contributed by atoms with Crippen LogP contribution >= 0.6 is 23.4 Å². The van der Waals surface area contributed by atoms with E-state index in [1.54, 1.807) is 30.9 Å². The number of hydrogen-bond donors (Lipinski definition) is 2. The predicted octanol–water partition coefficient (Wildman–Crippen LogP) is 3.33. The zero-order valence-electron chi connectivity index (χ0n) is 13.0. The molecule has 1 aromatic rings. The van der Waals surface area contributed by atoms with Crippen LogP contribution < -0.4 is 10.6 Å². The number of hydrogen-bond acceptors (Lipinski definition) is 2. The second-order valence-corrected chi connectivity index (χ2v) is 7.19. The van der Waals surface area contributed by atoms with E-state index in [4.69, 9.17) is 11.6 Å². The molecule has 3 nitrogen and oxygen atoms in total. The van der Waals surface area contributed by atoms with Gasteiger partial charge in [-0.2, -0.15) is 11.8 Å². The molecule has 0 unspecified atom stereocenters. The summed E-state index contributed by atoms with van der Waals surface area (Å²) in [4.78, 5) is 4.16. The molecule has 0 heterocycles. The van der Waals surface area contributed by atoms with E-state index >= 15 is 0 Å². The summed E-state index contributed by atoms with van der Waals surface area (Å²) in [7, 11) is 1.72. The Balaban J connectivity index is 2.46. The Labute approximate surface area is 135 Å². The third-order valence-electron chi connectivity index (χ3n) is 3.19. The maximum atomic E-state index is 13.6. The summed E-state index contributed by atoms with van der Waals surface area (Å²) in [5.41, 5.74) is 0.534. The Morgan fingerprint density at radius 2 is 2.10 bits per heavy atom. The second kappa shape index (κ2) is 8.49. The maximum Gasteiger partial charge on any atom is 0.191 e. The molecule has 0 aromatic heterocycles. The lowest BCUT2D eigenvalue weighted by molar-refractivity contribution is 0.606. The van der Waals surface area contributed by atoms with Gasteiger partial charge in [0.25, 0.3) is 0 Å². The van der Waals surface area contributed by atoms with Crippen molar-refractivity contribution in [3.63, 3.8) is 0 Å². The standard InChI is InChI=1S/C15H23ClFN3S/c1-15(2,21-4)10-20-14(18-3)19-9-8-11-12(16)6-5-7-13(11)17/h5-7H,8-10H2,1-4H3,(H2,18,19,20). The molecule has 21 heavy (non-hydrogen) atoms. The van der Waals surface area contributed by atoms with Gasteiger partial charge in [0.2, 0.25) is 0 Å². The molecular weight excluding hydrogens is 309 g/mol. The normalized spacial score (nSPS) is 12.4. The van der Waals surface area contributed by atoms with Crippen LogP contribution in [0.5, 0.6) is 0 Å². The minimum atomic E-state index is -0.268. The first-order valence-electron chi connectivity index (χ1n) is 6.82. The monoisotopic (exact) mass is 331 g/mol. The lowest BCUT2D eigenvalue weighted by atomic mass is 10.1. The van der Waals surface area contributed by atoms with Crippen LogP contribution in [0.2, 0.25) is 5.02 Å². The molecular formula is C15H23ClFN3S. The molecule has 0 aliphatic carbocycles. The number of guanidine groups is 1. The topological polar surface area (TPSA) is 36.4 Å². The van der Waals surface area contributed by atoms with Crippen LogP contribution in [0.3, 0.4) is 0 Å². The van der Waals surface area contributed by atoms with Crippen molar-refractivity contribution >= 4 is 29.3 Å². The van der Waals surface area contributed by atoms with Crippen LogP contribution in [0, 0.1) is 5.82 Å². The van der Waals surface area contributed by atoms with Crippen molar-refractivity contribution in [3.8, 4) is 0 Å². The van der Waals surface area contributed by atoms with E-state index in [9.17, 15) is 4.39 Å². The molecule has 0 aliphatic rings. The van der Waals surface area contributed by atoms with Crippen molar-refractivity contribution < 1.29 is 4.39 Å². The lowest BCUT2D eigenvalue weighted by Gasteiger charge is -2.23. The number of aliphatic imine (C=N–C) groups is 1. The Morgan fingerprint density at radius 1 is 1.38 bits per heavy atom. The first kappa shape index (κ1) is 18.1. The number of nitrogens with one attached hydrogen (secondary N) is 2. The minimum Gasteiger partial charge on any atom is -0.356 e. The van der Waals surface area contributed by atoms with Gasteiger partial charge in [-0.05, 0) is 38.7 Å². The van der Waals surface area contributed by atoms with Gasteiger partial charge in [0.1, 0.15) is 5.82 Å². The minimum absolute atomic E-state index is 0.131. The first-order chi connectivity index (χ1) is 9.89. The van der Waals surface area contributed by atoms with E-state index < -0.39 is 0 Å². The van der Waals surface area contributed by atoms with Crippen LogP contribution in [0.4, 0.5) is 4.39 Å². The molecule has 6 heteroatoms. The van der Waals surface area contributed by atoms with Gasteiger partial charge in [-0.1, -0.05) is 17.7 Å². The van der Waals surface area contributed by atoms with Crippen molar-refractivity contribution in [2.45, 2.75) is 25.0 Å². The van der Waals surface area contributed by atoms with Crippen molar-refractivity contribution in [3.05, 3.63) is 34.6 Å². The third kappa shape index (κ3) is 6.14. The van der Waals surface area contributed by atoms with Gasteiger partial charge >= 0.3 is 0 Å². The third-order valence-corrected chi connectivity index (χ3v) is 4.79. The molecule has 0 spiro atoms. The van der Waals surface area contributed by atoms with Crippen molar-refractivity contribution in [2.75, 3.05) is 26.4 Å². The second-order valence-electron chi connectivity index (χ2n) is 5.27. The van der Waals surface area contributed by atoms with Gasteiger partial charge in [-0.25, -0.2) is 4.39 Å². The molecule has 1 rings (SSSR count). The molecule has 0 saturated heterocycles. The fraction of sp³-hybridized carbons (Fsp3) is 0.533. The molecule has 0 radical (unpaired) electrons. The highest BCUT2D eigenvalue weighted by Gasteiger charge is 2.16. The maximum absolute atomic E-state index is 13.6. The number of rotatable bonds is 6. The van der Waals surface area contributed by atoms with Crippen molar-refractivity contribution in [1.29, 1.82) is 0 Å². The van der Waals surface area contributed by atoms with Crippen LogP contribution in [0.25, 0.3) is 0 Å². The molecule has 0 saturated carbocycles. The largest absolute Gasteiger partial charge is 0.356 e. The summed E-state index contributed by atoms with van der Waals surface area (Å²) in [6.07, 6.45) is 2.59. The number of halogens is 2. The first-order valence-corrected chi connectivity index (χ1v) is 8.42. The van der Waals surface area contributed by atoms with E-state index in [0.717, 1.165) is 6.54 Å². The summed E-state index contributed by atoms with van der Waals surface area (Å²) in [5.74, 6) is 0.445. The zero-order valence-corrected chi connectivity index (χ0v) is 14.5. The van der Waals surface area contributed by atoms with Crippen molar-refractivity contribution in [2.24, 2.45) is 4.99 Å². The number of benzene rings is 1. The van der Waals surface area contributed by atoms with Gasteiger partial charge in [-0.3, -0.25) is 4.99 Å². The average molecular weight is 332 g/mol. The summed E-state index contributed by atoms with van der Waals surface area (Å²) in [5, 5.41) is 6.90. The van der Waals surface area contributed by atoms with Crippen LogP contribution in [0.1, 0.15) is 19.4 Å². The molecule has 0 amide bonds. The number of thioether (sulfide) groups is 1.